The van der Waals surface area contributed by atoms with Gasteiger partial charge in [0, 0.05) is 5.69 Å². The number of benzene rings is 3. The van der Waals surface area contributed by atoms with Crippen LogP contribution in [0.2, 0.25) is 0 Å². The minimum Gasteiger partial charge on any atom is -0.478 e. The maximum absolute atomic E-state index is 12.8. The van der Waals surface area contributed by atoms with Crippen molar-refractivity contribution in [2.75, 3.05) is 4.72 Å². The molecule has 3 aromatic rings. The summed E-state index contributed by atoms with van der Waals surface area (Å²) in [5.41, 5.74) is 3.45. The highest BCUT2D eigenvalue weighted by atomic mass is 32.2. The van der Waals surface area contributed by atoms with Gasteiger partial charge < -0.3 is 5.11 Å². The van der Waals surface area contributed by atoms with E-state index in [9.17, 15) is 18.3 Å². The molecular weight excluding hydrogens is 410 g/mol. The average molecular weight is 438 g/mol. The first-order chi connectivity index (χ1) is 14.6. The summed E-state index contributed by atoms with van der Waals surface area (Å²) in [5, 5.41) is 9.33. The van der Waals surface area contributed by atoms with E-state index in [1.165, 1.54) is 0 Å². The van der Waals surface area contributed by atoms with Gasteiger partial charge in [-0.15, -0.1) is 0 Å². The Bertz CT molecular complexity index is 1180. The molecule has 0 saturated carbocycles. The van der Waals surface area contributed by atoms with Crippen molar-refractivity contribution in [2.45, 2.75) is 43.9 Å². The van der Waals surface area contributed by atoms with Crippen molar-refractivity contribution in [1.82, 2.24) is 0 Å². The van der Waals surface area contributed by atoms with Crippen LogP contribution in [0, 0.1) is 0 Å². The van der Waals surface area contributed by atoms with Gasteiger partial charge in [0.1, 0.15) is 0 Å². The summed E-state index contributed by atoms with van der Waals surface area (Å²) in [7, 11) is -3.71. The maximum atomic E-state index is 12.8. The van der Waals surface area contributed by atoms with Crippen LogP contribution in [0.4, 0.5) is 5.69 Å². The van der Waals surface area contributed by atoms with Crippen molar-refractivity contribution in [3.8, 4) is 0 Å². The predicted molar refractivity (Wildman–Crippen MR) is 123 cm³/mol. The average Bonchev–Trinajstić information content (AvgIpc) is 2.72. The molecule has 162 valence electrons. The Hall–Kier alpha value is -3.12. The van der Waals surface area contributed by atoms with Crippen LogP contribution >= 0.6 is 0 Å². The van der Waals surface area contributed by atoms with Crippen molar-refractivity contribution >= 4 is 21.7 Å². The molecular formula is C25H27NO4S. The number of nitrogens with one attached hydrogen (secondary N) is 1. The van der Waals surface area contributed by atoms with Crippen LogP contribution < -0.4 is 4.72 Å². The molecule has 3 rings (SSSR count). The number of carbonyl (C=O) groups is 1. The van der Waals surface area contributed by atoms with Crippen molar-refractivity contribution in [3.05, 3.63) is 95.1 Å². The van der Waals surface area contributed by atoms with Crippen LogP contribution in [0.5, 0.6) is 0 Å². The number of rotatable bonds is 7. The topological polar surface area (TPSA) is 83.5 Å². The molecule has 5 nitrogen and oxygen atoms in total. The third-order valence-electron chi connectivity index (χ3n) is 5.14. The van der Waals surface area contributed by atoms with Gasteiger partial charge in [0.05, 0.1) is 10.5 Å². The number of aromatic carboxylic acids is 1. The van der Waals surface area contributed by atoms with Gasteiger partial charge in [-0.05, 0) is 65.3 Å². The van der Waals surface area contributed by atoms with E-state index in [0.717, 1.165) is 16.7 Å². The molecule has 0 heterocycles. The Morgan fingerprint density at radius 1 is 0.903 bits per heavy atom. The fourth-order valence-corrected chi connectivity index (χ4v) is 4.41. The van der Waals surface area contributed by atoms with Crippen LogP contribution in [0.25, 0.3) is 0 Å². The van der Waals surface area contributed by atoms with Gasteiger partial charge in [0.25, 0.3) is 10.0 Å². The van der Waals surface area contributed by atoms with Gasteiger partial charge in [-0.3, -0.25) is 4.72 Å². The molecule has 0 atom stereocenters. The minimum absolute atomic E-state index is 0.0523. The molecule has 0 bridgehead atoms. The zero-order valence-electron chi connectivity index (χ0n) is 17.9. The Morgan fingerprint density at radius 2 is 1.58 bits per heavy atom. The SMILES string of the molecule is CC(C)(C)c1ccc(S(=O)(=O)Nc2cccc(CCc3ccccc3C(=O)O)c2)cc1. The van der Waals surface area contributed by atoms with Crippen LogP contribution in [0.3, 0.4) is 0 Å². The maximum Gasteiger partial charge on any atom is 0.335 e. The fraction of sp³-hybridized carbons (Fsp3) is 0.240. The molecule has 31 heavy (non-hydrogen) atoms. The van der Waals surface area contributed by atoms with E-state index in [4.69, 9.17) is 0 Å². The summed E-state index contributed by atoms with van der Waals surface area (Å²) in [5.74, 6) is -0.949. The lowest BCUT2D eigenvalue weighted by molar-refractivity contribution is 0.0695. The summed E-state index contributed by atoms with van der Waals surface area (Å²) in [6.07, 6.45) is 1.15. The van der Waals surface area contributed by atoms with Gasteiger partial charge in [-0.25, -0.2) is 13.2 Å². The van der Waals surface area contributed by atoms with Crippen molar-refractivity contribution in [3.63, 3.8) is 0 Å². The number of carboxylic acid groups (broad SMARTS) is 1. The van der Waals surface area contributed by atoms with Crippen LogP contribution in [-0.4, -0.2) is 19.5 Å². The van der Waals surface area contributed by atoms with Gasteiger partial charge in [-0.2, -0.15) is 0 Å². The molecule has 6 heteroatoms. The van der Waals surface area contributed by atoms with Crippen LogP contribution in [0.15, 0.2) is 77.7 Å². The number of hydrogen-bond donors (Lipinski definition) is 2. The zero-order chi connectivity index (χ0) is 22.6. The fourth-order valence-electron chi connectivity index (χ4n) is 3.36. The summed E-state index contributed by atoms with van der Waals surface area (Å²) in [6.45, 7) is 6.24. The summed E-state index contributed by atoms with van der Waals surface area (Å²) in [6, 6.07) is 21.0. The molecule has 3 aromatic carbocycles. The lowest BCUT2D eigenvalue weighted by atomic mass is 9.87. The zero-order valence-corrected chi connectivity index (χ0v) is 18.7. The lowest BCUT2D eigenvalue weighted by Gasteiger charge is -2.19. The molecule has 0 aliphatic rings. The Balaban J connectivity index is 1.74. The molecule has 0 radical (unpaired) electrons. The van der Waals surface area contributed by atoms with Crippen LogP contribution in [0.1, 0.15) is 47.8 Å². The van der Waals surface area contributed by atoms with Gasteiger partial charge >= 0.3 is 5.97 Å². The largest absolute Gasteiger partial charge is 0.478 e. The van der Waals surface area contributed by atoms with E-state index in [0.29, 0.717) is 18.5 Å². The number of anilines is 1. The van der Waals surface area contributed by atoms with E-state index in [-0.39, 0.29) is 15.9 Å². The van der Waals surface area contributed by atoms with Crippen molar-refractivity contribution in [1.29, 1.82) is 0 Å². The second-order valence-corrected chi connectivity index (χ2v) is 10.2. The molecule has 2 N–H and O–H groups in total. The molecule has 0 fully saturated rings. The molecule has 0 spiro atoms. The normalized spacial score (nSPS) is 11.8. The summed E-state index contributed by atoms with van der Waals surface area (Å²) in [4.78, 5) is 11.6. The Morgan fingerprint density at radius 3 is 2.23 bits per heavy atom. The lowest BCUT2D eigenvalue weighted by Crippen LogP contribution is -2.15. The molecule has 0 aromatic heterocycles. The molecule has 0 aliphatic heterocycles. The molecule has 0 unspecified atom stereocenters. The van der Waals surface area contributed by atoms with Crippen LogP contribution in [-0.2, 0) is 28.3 Å². The quantitative estimate of drug-likeness (QED) is 0.528. The first-order valence-corrected chi connectivity index (χ1v) is 11.6. The standard InChI is InChI=1S/C25H27NO4S/c1-25(2,3)20-13-15-22(16-14-20)31(29,30)26-21-9-6-7-18(17-21)11-12-19-8-4-5-10-23(19)24(27)28/h4-10,13-17,26H,11-12H2,1-3H3,(H,27,28). The summed E-state index contributed by atoms with van der Waals surface area (Å²) >= 11 is 0. The van der Waals surface area contributed by atoms with Crippen molar-refractivity contribution < 1.29 is 18.3 Å². The number of hydrogen-bond acceptors (Lipinski definition) is 3. The van der Waals surface area contributed by atoms with E-state index in [2.05, 4.69) is 25.5 Å². The third-order valence-corrected chi connectivity index (χ3v) is 6.54. The van der Waals surface area contributed by atoms with Gasteiger partial charge in [0.15, 0.2) is 0 Å². The molecule has 0 aliphatic carbocycles. The first kappa shape index (κ1) is 22.6. The minimum atomic E-state index is -3.71. The van der Waals surface area contributed by atoms with Gasteiger partial charge in [0.2, 0.25) is 0 Å². The van der Waals surface area contributed by atoms with E-state index >= 15 is 0 Å². The highest BCUT2D eigenvalue weighted by molar-refractivity contribution is 7.92. The first-order valence-electron chi connectivity index (χ1n) is 10.1. The van der Waals surface area contributed by atoms with Gasteiger partial charge in [-0.1, -0.05) is 63.2 Å². The Labute approximate surface area is 183 Å². The van der Waals surface area contributed by atoms with E-state index in [1.54, 1.807) is 48.5 Å². The number of carboxylic acids is 1. The van der Waals surface area contributed by atoms with E-state index < -0.39 is 16.0 Å². The highest BCUT2D eigenvalue weighted by Crippen LogP contribution is 2.24. The highest BCUT2D eigenvalue weighted by Gasteiger charge is 2.18. The second kappa shape index (κ2) is 8.94. The number of aryl methyl sites for hydroxylation is 2. The third kappa shape index (κ3) is 5.73. The second-order valence-electron chi connectivity index (χ2n) is 8.54. The monoisotopic (exact) mass is 437 g/mol. The summed E-state index contributed by atoms with van der Waals surface area (Å²) < 4.78 is 28.2. The van der Waals surface area contributed by atoms with Crippen molar-refractivity contribution in [2.24, 2.45) is 0 Å². The number of sulfonamides is 1. The Kier molecular flexibility index (Phi) is 6.51. The molecule has 0 amide bonds. The molecule has 0 saturated heterocycles. The van der Waals surface area contributed by atoms with E-state index in [1.807, 2.05) is 24.3 Å². The predicted octanol–water partition coefficient (Wildman–Crippen LogP) is 5.27. The smallest absolute Gasteiger partial charge is 0.335 e.